The minimum Gasteiger partial charge on any atom is -0.185 e. The highest BCUT2D eigenvalue weighted by Crippen LogP contribution is 2.17. The van der Waals surface area contributed by atoms with E-state index in [1.165, 1.54) is 19.3 Å². The van der Waals surface area contributed by atoms with E-state index in [-0.39, 0.29) is 5.92 Å². The number of rotatable bonds is 10. The van der Waals surface area contributed by atoms with Crippen molar-refractivity contribution in [1.82, 2.24) is 0 Å². The second kappa shape index (κ2) is 11.1. The van der Waals surface area contributed by atoms with Gasteiger partial charge in [0.15, 0.2) is 0 Å². The minimum atomic E-state index is -2.23. The summed E-state index contributed by atoms with van der Waals surface area (Å²) in [6, 6.07) is 0. The molecule has 0 aliphatic carbocycles. The van der Waals surface area contributed by atoms with Gasteiger partial charge in [0.1, 0.15) is 0 Å². The fourth-order valence-electron chi connectivity index (χ4n) is 2.17. The lowest BCUT2D eigenvalue weighted by Gasteiger charge is -2.14. The van der Waals surface area contributed by atoms with Gasteiger partial charge < -0.3 is 0 Å². The molecule has 0 saturated carbocycles. The molecule has 0 bridgehead atoms. The second-order valence-corrected chi connectivity index (χ2v) is 7.52. The standard InChI is InChI=1S/C14H26O4S2/c1-4-5-6-7-8-9-10-14(13(3)20(17)18)11-12(2)19(15)16/h14H,4-11H2,1-3H3. The Hall–Kier alpha value is -0.620. The zero-order chi connectivity index (χ0) is 15.5. The van der Waals surface area contributed by atoms with Gasteiger partial charge in [0, 0.05) is 9.73 Å². The molecule has 118 valence electrons. The van der Waals surface area contributed by atoms with Gasteiger partial charge in [0.2, 0.25) is 20.6 Å². The predicted molar refractivity (Wildman–Crippen MR) is 85.3 cm³/mol. The highest BCUT2D eigenvalue weighted by Gasteiger charge is 2.15. The maximum atomic E-state index is 11.1. The van der Waals surface area contributed by atoms with E-state index in [9.17, 15) is 16.8 Å². The topological polar surface area (TPSA) is 68.3 Å². The monoisotopic (exact) mass is 322 g/mol. The number of unbranched alkanes of at least 4 members (excludes halogenated alkanes) is 5. The summed E-state index contributed by atoms with van der Waals surface area (Å²) in [5, 5.41) is 0. The summed E-state index contributed by atoms with van der Waals surface area (Å²) in [6.07, 6.45) is 7.89. The number of hydrogen-bond acceptors (Lipinski definition) is 4. The average Bonchev–Trinajstić information content (AvgIpc) is 2.39. The van der Waals surface area contributed by atoms with Crippen molar-refractivity contribution < 1.29 is 16.8 Å². The van der Waals surface area contributed by atoms with Crippen LogP contribution in [0.5, 0.6) is 0 Å². The molecule has 0 rings (SSSR count). The van der Waals surface area contributed by atoms with Gasteiger partial charge in [-0.3, -0.25) is 0 Å². The molecular formula is C14H26O4S2. The van der Waals surface area contributed by atoms with E-state index in [2.05, 4.69) is 6.92 Å². The van der Waals surface area contributed by atoms with Gasteiger partial charge in [-0.15, -0.1) is 0 Å². The molecule has 0 aromatic carbocycles. The van der Waals surface area contributed by atoms with Gasteiger partial charge in [-0.05, 0) is 32.6 Å². The van der Waals surface area contributed by atoms with Crippen LogP contribution in [0.1, 0.15) is 72.1 Å². The smallest absolute Gasteiger partial charge is 0.185 e. The molecule has 0 aromatic rings. The third-order valence-corrected chi connectivity index (χ3v) is 5.16. The first-order chi connectivity index (χ1) is 9.40. The fourth-order valence-corrected chi connectivity index (χ4v) is 2.98. The Labute approximate surface area is 125 Å². The molecule has 0 aliphatic rings. The maximum Gasteiger partial charge on any atom is 0.213 e. The largest absolute Gasteiger partial charge is 0.213 e. The Kier molecular flexibility index (Phi) is 10.7. The molecule has 20 heavy (non-hydrogen) atoms. The van der Waals surface area contributed by atoms with Gasteiger partial charge in [-0.1, -0.05) is 45.4 Å². The summed E-state index contributed by atoms with van der Waals surface area (Å²) in [5.41, 5.74) is 0. The van der Waals surface area contributed by atoms with Crippen molar-refractivity contribution in [3.05, 3.63) is 0 Å². The van der Waals surface area contributed by atoms with Gasteiger partial charge in [0.05, 0.1) is 0 Å². The molecule has 0 amide bonds. The van der Waals surface area contributed by atoms with E-state index in [1.54, 1.807) is 13.8 Å². The molecule has 0 aliphatic heterocycles. The van der Waals surface area contributed by atoms with Gasteiger partial charge >= 0.3 is 0 Å². The van der Waals surface area contributed by atoms with Crippen LogP contribution in [0.15, 0.2) is 0 Å². The van der Waals surface area contributed by atoms with Crippen LogP contribution in [0.3, 0.4) is 0 Å². The van der Waals surface area contributed by atoms with Crippen molar-refractivity contribution in [2.24, 2.45) is 5.92 Å². The summed E-state index contributed by atoms with van der Waals surface area (Å²) < 4.78 is 43.9. The third-order valence-electron chi connectivity index (χ3n) is 3.56. The molecule has 0 spiro atoms. The minimum absolute atomic E-state index is 0.183. The van der Waals surface area contributed by atoms with Crippen molar-refractivity contribution in [2.75, 3.05) is 0 Å². The average molecular weight is 322 g/mol. The predicted octanol–water partition coefficient (Wildman–Crippen LogP) is 2.89. The lowest BCUT2D eigenvalue weighted by molar-refractivity contribution is 0.545. The Morgan fingerprint density at radius 1 is 0.850 bits per heavy atom. The van der Waals surface area contributed by atoms with E-state index in [1.807, 2.05) is 0 Å². The van der Waals surface area contributed by atoms with Gasteiger partial charge in [-0.25, -0.2) is 0 Å². The second-order valence-electron chi connectivity index (χ2n) is 5.24. The molecule has 6 heteroatoms. The molecule has 1 unspecified atom stereocenters. The van der Waals surface area contributed by atoms with E-state index in [4.69, 9.17) is 0 Å². The summed E-state index contributed by atoms with van der Waals surface area (Å²) >= 11 is 0. The lowest BCUT2D eigenvalue weighted by atomic mass is 9.93. The number of hydrogen-bond donors (Lipinski definition) is 0. The van der Waals surface area contributed by atoms with Crippen LogP contribution in [0.2, 0.25) is 0 Å². The molecule has 0 heterocycles. The first-order valence-electron chi connectivity index (χ1n) is 7.24. The summed E-state index contributed by atoms with van der Waals surface area (Å²) in [6.45, 7) is 5.28. The van der Waals surface area contributed by atoms with Crippen LogP contribution < -0.4 is 0 Å². The quantitative estimate of drug-likeness (QED) is 0.458. The highest BCUT2D eigenvalue weighted by molar-refractivity contribution is 7.73. The molecule has 1 atom stereocenters. The zero-order valence-electron chi connectivity index (χ0n) is 12.7. The zero-order valence-corrected chi connectivity index (χ0v) is 14.3. The maximum absolute atomic E-state index is 11.1. The molecular weight excluding hydrogens is 296 g/mol. The Balaban J connectivity index is 4.51. The first-order valence-corrected chi connectivity index (χ1v) is 9.39. The Morgan fingerprint density at radius 2 is 1.40 bits per heavy atom. The molecule has 4 nitrogen and oxygen atoms in total. The summed E-state index contributed by atoms with van der Waals surface area (Å²) in [4.78, 5) is 0.689. The fraction of sp³-hybridized carbons (Fsp3) is 0.857. The summed E-state index contributed by atoms with van der Waals surface area (Å²) in [7, 11) is -4.45. The highest BCUT2D eigenvalue weighted by atomic mass is 32.2. The molecule has 0 radical (unpaired) electrons. The van der Waals surface area contributed by atoms with Crippen molar-refractivity contribution in [3.8, 4) is 0 Å². The van der Waals surface area contributed by atoms with Crippen LogP contribution in [0.4, 0.5) is 0 Å². The Morgan fingerprint density at radius 3 is 1.90 bits per heavy atom. The molecule has 0 N–H and O–H groups in total. The molecule has 0 aromatic heterocycles. The van der Waals surface area contributed by atoms with Crippen molar-refractivity contribution >= 4 is 30.3 Å². The van der Waals surface area contributed by atoms with Crippen LogP contribution in [0.25, 0.3) is 0 Å². The first kappa shape index (κ1) is 19.4. The van der Waals surface area contributed by atoms with Crippen LogP contribution in [-0.4, -0.2) is 26.6 Å². The van der Waals surface area contributed by atoms with Gasteiger partial charge in [0.25, 0.3) is 0 Å². The lowest BCUT2D eigenvalue weighted by Crippen LogP contribution is -2.16. The van der Waals surface area contributed by atoms with E-state index >= 15 is 0 Å². The molecule has 0 fully saturated rings. The third kappa shape index (κ3) is 8.53. The SMILES string of the molecule is CCCCCCCCC(CC(C)=S(=O)=O)C(C)=S(=O)=O. The summed E-state index contributed by atoms with van der Waals surface area (Å²) in [5.74, 6) is -0.183. The molecule has 0 saturated heterocycles. The van der Waals surface area contributed by atoms with Crippen molar-refractivity contribution in [3.63, 3.8) is 0 Å². The van der Waals surface area contributed by atoms with Crippen LogP contribution in [0, 0.1) is 5.92 Å². The van der Waals surface area contributed by atoms with Crippen molar-refractivity contribution in [1.29, 1.82) is 0 Å². The Bertz CT molecular complexity index is 526. The van der Waals surface area contributed by atoms with Crippen molar-refractivity contribution in [2.45, 2.75) is 72.1 Å². The van der Waals surface area contributed by atoms with E-state index in [0.717, 1.165) is 25.7 Å². The normalized spacial score (nSPS) is 11.9. The van der Waals surface area contributed by atoms with Crippen LogP contribution >= 0.6 is 0 Å². The van der Waals surface area contributed by atoms with E-state index < -0.39 is 20.6 Å². The van der Waals surface area contributed by atoms with E-state index in [0.29, 0.717) is 16.1 Å². The van der Waals surface area contributed by atoms with Crippen LogP contribution in [-0.2, 0) is 20.6 Å². The van der Waals surface area contributed by atoms with Gasteiger partial charge in [-0.2, -0.15) is 16.8 Å².